The van der Waals surface area contributed by atoms with Gasteiger partial charge in [-0.1, -0.05) is 29.8 Å². The highest BCUT2D eigenvalue weighted by Gasteiger charge is 2.17. The Labute approximate surface area is 125 Å². The molecule has 0 aliphatic carbocycles. The zero-order valence-corrected chi connectivity index (χ0v) is 12.6. The van der Waals surface area contributed by atoms with Crippen LogP contribution in [-0.4, -0.2) is 12.2 Å². The molecule has 0 amide bonds. The van der Waals surface area contributed by atoms with E-state index in [2.05, 4.69) is 22.6 Å². The molecule has 0 saturated carbocycles. The second-order valence-corrected chi connectivity index (χ2v) is 5.41. The molecular weight excluding hydrogens is 363 g/mol. The van der Waals surface area contributed by atoms with Crippen LogP contribution in [0.25, 0.3) is 0 Å². The van der Waals surface area contributed by atoms with Gasteiger partial charge in [-0.2, -0.15) is 0 Å². The zero-order chi connectivity index (χ0) is 13.1. The van der Waals surface area contributed by atoms with Crippen molar-refractivity contribution in [3.8, 4) is 5.75 Å². The molecule has 0 radical (unpaired) electrons. The Morgan fingerprint density at radius 3 is 2.56 bits per heavy atom. The predicted octanol–water partition coefficient (Wildman–Crippen LogP) is 4.03. The predicted molar refractivity (Wildman–Crippen MR) is 81.2 cm³/mol. The maximum absolute atomic E-state index is 10.5. The molecule has 4 heteroatoms. The summed E-state index contributed by atoms with van der Waals surface area (Å²) in [6, 6.07) is 12.9. The van der Waals surface area contributed by atoms with Crippen molar-refractivity contribution in [2.75, 3.05) is 7.11 Å². The van der Waals surface area contributed by atoms with Crippen LogP contribution in [0.5, 0.6) is 5.75 Å². The van der Waals surface area contributed by atoms with E-state index in [0.717, 1.165) is 9.13 Å². The van der Waals surface area contributed by atoms with Crippen LogP contribution in [0.2, 0.25) is 5.02 Å². The van der Waals surface area contributed by atoms with Crippen molar-refractivity contribution in [1.82, 2.24) is 0 Å². The van der Waals surface area contributed by atoms with Crippen molar-refractivity contribution < 1.29 is 9.84 Å². The molecule has 2 aromatic rings. The summed E-state index contributed by atoms with van der Waals surface area (Å²) in [6.45, 7) is 0. The first-order valence-corrected chi connectivity index (χ1v) is 6.85. The van der Waals surface area contributed by atoms with Gasteiger partial charge in [-0.05, 0) is 52.4 Å². The molecule has 1 N–H and O–H groups in total. The van der Waals surface area contributed by atoms with Crippen LogP contribution in [0.1, 0.15) is 17.2 Å². The molecule has 0 saturated heterocycles. The molecule has 0 bridgehead atoms. The maximum Gasteiger partial charge on any atom is 0.125 e. The number of hydrogen-bond acceptors (Lipinski definition) is 2. The second-order valence-electron chi connectivity index (χ2n) is 3.81. The van der Waals surface area contributed by atoms with Gasteiger partial charge in [0.2, 0.25) is 0 Å². The number of halogens is 2. The summed E-state index contributed by atoms with van der Waals surface area (Å²) in [5.74, 6) is 0.631. The van der Waals surface area contributed by atoms with Gasteiger partial charge in [0.25, 0.3) is 0 Å². The molecular formula is C14H12ClIO2. The Morgan fingerprint density at radius 1 is 1.17 bits per heavy atom. The summed E-state index contributed by atoms with van der Waals surface area (Å²) < 4.78 is 6.27. The van der Waals surface area contributed by atoms with Crippen molar-refractivity contribution in [3.05, 3.63) is 62.2 Å². The summed E-state index contributed by atoms with van der Waals surface area (Å²) in [7, 11) is 1.58. The van der Waals surface area contributed by atoms with E-state index in [1.54, 1.807) is 25.3 Å². The summed E-state index contributed by atoms with van der Waals surface area (Å²) >= 11 is 8.18. The van der Waals surface area contributed by atoms with Gasteiger partial charge in [0.15, 0.2) is 0 Å². The van der Waals surface area contributed by atoms with E-state index in [1.165, 1.54) is 0 Å². The van der Waals surface area contributed by atoms with E-state index in [-0.39, 0.29) is 0 Å². The minimum Gasteiger partial charge on any atom is -0.496 e. The number of rotatable bonds is 3. The van der Waals surface area contributed by atoms with Gasteiger partial charge in [-0.25, -0.2) is 0 Å². The molecule has 0 aliphatic rings. The minimum atomic E-state index is -0.744. The summed E-state index contributed by atoms with van der Waals surface area (Å²) in [5, 5.41) is 11.0. The van der Waals surface area contributed by atoms with Crippen LogP contribution in [0.15, 0.2) is 42.5 Å². The van der Waals surface area contributed by atoms with Crippen molar-refractivity contribution in [1.29, 1.82) is 0 Å². The zero-order valence-electron chi connectivity index (χ0n) is 9.73. The van der Waals surface area contributed by atoms with Gasteiger partial charge in [0, 0.05) is 14.2 Å². The van der Waals surface area contributed by atoms with E-state index >= 15 is 0 Å². The van der Waals surface area contributed by atoms with Gasteiger partial charge >= 0.3 is 0 Å². The van der Waals surface area contributed by atoms with E-state index in [4.69, 9.17) is 16.3 Å². The van der Waals surface area contributed by atoms with Crippen molar-refractivity contribution in [2.24, 2.45) is 0 Å². The molecule has 2 rings (SSSR count). The highest BCUT2D eigenvalue weighted by Crippen LogP contribution is 2.33. The standard InChI is InChI=1S/C14H12ClIO2/c1-18-13-7-6-9(15)8-11(13)14(17)10-4-2-3-5-12(10)16/h2-8,14,17H,1H3. The fraction of sp³-hybridized carbons (Fsp3) is 0.143. The van der Waals surface area contributed by atoms with Gasteiger partial charge in [0.05, 0.1) is 7.11 Å². The molecule has 0 aromatic heterocycles. The Balaban J connectivity index is 2.48. The van der Waals surface area contributed by atoms with E-state index < -0.39 is 6.10 Å². The third kappa shape index (κ3) is 2.79. The first-order chi connectivity index (χ1) is 8.63. The molecule has 0 heterocycles. The molecule has 2 nitrogen and oxygen atoms in total. The number of methoxy groups -OCH3 is 1. The lowest BCUT2D eigenvalue weighted by Gasteiger charge is -2.16. The van der Waals surface area contributed by atoms with Crippen LogP contribution in [0.4, 0.5) is 0 Å². The molecule has 18 heavy (non-hydrogen) atoms. The average Bonchev–Trinajstić information content (AvgIpc) is 2.38. The van der Waals surface area contributed by atoms with Gasteiger partial charge in [-0.3, -0.25) is 0 Å². The topological polar surface area (TPSA) is 29.5 Å². The highest BCUT2D eigenvalue weighted by molar-refractivity contribution is 14.1. The van der Waals surface area contributed by atoms with Gasteiger partial charge in [-0.15, -0.1) is 0 Å². The lowest BCUT2D eigenvalue weighted by molar-refractivity contribution is 0.214. The fourth-order valence-electron chi connectivity index (χ4n) is 1.78. The Hall–Kier alpha value is -0.780. The molecule has 0 aliphatic heterocycles. The van der Waals surface area contributed by atoms with Crippen molar-refractivity contribution in [2.45, 2.75) is 6.10 Å². The highest BCUT2D eigenvalue weighted by atomic mass is 127. The Bertz CT molecular complexity index is 557. The lowest BCUT2D eigenvalue weighted by Crippen LogP contribution is -2.04. The Kier molecular flexibility index (Phi) is 4.48. The SMILES string of the molecule is COc1ccc(Cl)cc1C(O)c1ccccc1I. The number of hydrogen-bond donors (Lipinski definition) is 1. The van der Waals surface area contributed by atoms with Crippen molar-refractivity contribution in [3.63, 3.8) is 0 Å². The molecule has 1 unspecified atom stereocenters. The van der Waals surface area contributed by atoms with Crippen LogP contribution in [-0.2, 0) is 0 Å². The third-order valence-corrected chi connectivity index (χ3v) is 3.90. The smallest absolute Gasteiger partial charge is 0.125 e. The number of benzene rings is 2. The second kappa shape index (κ2) is 5.91. The normalized spacial score (nSPS) is 12.2. The quantitative estimate of drug-likeness (QED) is 0.822. The van der Waals surface area contributed by atoms with Gasteiger partial charge in [0.1, 0.15) is 11.9 Å². The number of aliphatic hydroxyl groups excluding tert-OH is 1. The summed E-state index contributed by atoms with van der Waals surface area (Å²) in [6.07, 6.45) is -0.744. The molecule has 0 fully saturated rings. The number of aliphatic hydroxyl groups is 1. The summed E-state index contributed by atoms with van der Waals surface area (Å²) in [5.41, 5.74) is 1.52. The van der Waals surface area contributed by atoms with E-state index in [9.17, 15) is 5.11 Å². The molecule has 1 atom stereocenters. The number of ether oxygens (including phenoxy) is 1. The molecule has 94 valence electrons. The molecule has 0 spiro atoms. The fourth-order valence-corrected chi connectivity index (χ4v) is 2.65. The first-order valence-electron chi connectivity index (χ1n) is 5.39. The summed E-state index contributed by atoms with van der Waals surface area (Å²) in [4.78, 5) is 0. The maximum atomic E-state index is 10.5. The van der Waals surface area contributed by atoms with E-state index in [0.29, 0.717) is 16.3 Å². The first kappa shape index (κ1) is 13.6. The third-order valence-electron chi connectivity index (χ3n) is 2.69. The lowest BCUT2D eigenvalue weighted by atomic mass is 10.0. The van der Waals surface area contributed by atoms with Crippen LogP contribution in [0, 0.1) is 3.57 Å². The average molecular weight is 375 g/mol. The van der Waals surface area contributed by atoms with Crippen molar-refractivity contribution >= 4 is 34.2 Å². The van der Waals surface area contributed by atoms with Crippen LogP contribution < -0.4 is 4.74 Å². The van der Waals surface area contributed by atoms with E-state index in [1.807, 2.05) is 24.3 Å². The largest absolute Gasteiger partial charge is 0.496 e. The Morgan fingerprint density at radius 2 is 1.89 bits per heavy atom. The minimum absolute atomic E-state index is 0.579. The van der Waals surface area contributed by atoms with Crippen LogP contribution >= 0.6 is 34.2 Å². The molecule has 2 aromatic carbocycles. The van der Waals surface area contributed by atoms with Gasteiger partial charge < -0.3 is 9.84 Å². The monoisotopic (exact) mass is 374 g/mol. The van der Waals surface area contributed by atoms with Crippen LogP contribution in [0.3, 0.4) is 0 Å².